The SMILES string of the molecule is C=CC=C(CC)COC(=O)CCC(N)C(=O)OCc1ccccc1. The van der Waals surface area contributed by atoms with Gasteiger partial charge in [0.25, 0.3) is 0 Å². The third-order valence-electron chi connectivity index (χ3n) is 3.41. The van der Waals surface area contributed by atoms with E-state index in [4.69, 9.17) is 15.2 Å². The van der Waals surface area contributed by atoms with Crippen LogP contribution < -0.4 is 5.73 Å². The molecule has 1 aromatic carbocycles. The van der Waals surface area contributed by atoms with E-state index in [1.54, 1.807) is 6.08 Å². The third kappa shape index (κ3) is 7.74. The van der Waals surface area contributed by atoms with Crippen molar-refractivity contribution in [2.45, 2.75) is 38.8 Å². The topological polar surface area (TPSA) is 78.6 Å². The number of esters is 2. The predicted molar refractivity (Wildman–Crippen MR) is 93.0 cm³/mol. The number of carbonyl (C=O) groups is 2. The van der Waals surface area contributed by atoms with Gasteiger partial charge in [-0.15, -0.1) is 0 Å². The van der Waals surface area contributed by atoms with E-state index in [9.17, 15) is 9.59 Å². The average Bonchev–Trinajstić information content (AvgIpc) is 2.61. The number of allylic oxidation sites excluding steroid dienone is 2. The zero-order chi connectivity index (χ0) is 17.8. The van der Waals surface area contributed by atoms with Gasteiger partial charge in [0, 0.05) is 6.42 Å². The maximum Gasteiger partial charge on any atom is 0.323 e. The standard InChI is InChI=1S/C19H25NO4/c1-3-8-15(4-2)13-23-18(21)12-11-17(20)19(22)24-14-16-9-6-5-7-10-16/h3,5-10,17H,1,4,11-14,20H2,2H3. The molecule has 0 fully saturated rings. The summed E-state index contributed by atoms with van der Waals surface area (Å²) in [5.41, 5.74) is 7.62. The zero-order valence-electron chi connectivity index (χ0n) is 14.1. The molecule has 0 aliphatic heterocycles. The smallest absolute Gasteiger partial charge is 0.323 e. The number of hydrogen-bond donors (Lipinski definition) is 1. The van der Waals surface area contributed by atoms with E-state index in [-0.39, 0.29) is 32.0 Å². The predicted octanol–water partition coefficient (Wildman–Crippen LogP) is 2.90. The minimum atomic E-state index is -0.837. The fraction of sp³-hybridized carbons (Fsp3) is 0.368. The minimum Gasteiger partial charge on any atom is -0.461 e. The van der Waals surface area contributed by atoms with Gasteiger partial charge >= 0.3 is 11.9 Å². The molecule has 0 heterocycles. The molecule has 0 saturated carbocycles. The molecule has 0 aliphatic carbocycles. The first-order valence-corrected chi connectivity index (χ1v) is 7.99. The van der Waals surface area contributed by atoms with E-state index in [1.165, 1.54) is 0 Å². The normalized spacial score (nSPS) is 12.3. The molecule has 5 nitrogen and oxygen atoms in total. The zero-order valence-corrected chi connectivity index (χ0v) is 14.1. The van der Waals surface area contributed by atoms with Crippen LogP contribution in [0.3, 0.4) is 0 Å². The van der Waals surface area contributed by atoms with Crippen LogP contribution in [0.25, 0.3) is 0 Å². The summed E-state index contributed by atoms with van der Waals surface area (Å²) >= 11 is 0. The Morgan fingerprint density at radius 1 is 1.25 bits per heavy atom. The Hall–Kier alpha value is -2.40. The van der Waals surface area contributed by atoms with Crippen LogP contribution in [-0.4, -0.2) is 24.6 Å². The van der Waals surface area contributed by atoms with E-state index < -0.39 is 12.0 Å². The molecule has 1 atom stereocenters. The first-order chi connectivity index (χ1) is 11.6. The van der Waals surface area contributed by atoms with Gasteiger partial charge < -0.3 is 15.2 Å². The van der Waals surface area contributed by atoms with Crippen molar-refractivity contribution in [3.05, 3.63) is 60.2 Å². The molecular weight excluding hydrogens is 306 g/mol. The number of benzene rings is 1. The van der Waals surface area contributed by atoms with Crippen LogP contribution >= 0.6 is 0 Å². The molecule has 130 valence electrons. The molecule has 0 aliphatic rings. The van der Waals surface area contributed by atoms with Crippen LogP contribution in [0, 0.1) is 0 Å². The van der Waals surface area contributed by atoms with E-state index in [0.717, 1.165) is 17.6 Å². The molecule has 1 unspecified atom stereocenters. The van der Waals surface area contributed by atoms with Crippen LogP contribution in [0.2, 0.25) is 0 Å². The Bertz CT molecular complexity index is 566. The van der Waals surface area contributed by atoms with Gasteiger partial charge in [-0.05, 0) is 24.0 Å². The maximum absolute atomic E-state index is 11.8. The summed E-state index contributed by atoms with van der Waals surface area (Å²) in [5.74, 6) is -0.905. The van der Waals surface area contributed by atoms with Crippen molar-refractivity contribution in [2.75, 3.05) is 6.61 Å². The Morgan fingerprint density at radius 2 is 1.96 bits per heavy atom. The number of rotatable bonds is 10. The van der Waals surface area contributed by atoms with E-state index >= 15 is 0 Å². The van der Waals surface area contributed by atoms with Crippen molar-refractivity contribution in [2.24, 2.45) is 5.73 Å². The molecule has 0 spiro atoms. The van der Waals surface area contributed by atoms with E-state index in [2.05, 4.69) is 6.58 Å². The van der Waals surface area contributed by atoms with Crippen molar-refractivity contribution < 1.29 is 19.1 Å². The van der Waals surface area contributed by atoms with Crippen molar-refractivity contribution >= 4 is 11.9 Å². The van der Waals surface area contributed by atoms with Gasteiger partial charge in [-0.1, -0.05) is 56.0 Å². The summed E-state index contributed by atoms with van der Waals surface area (Å²) in [4.78, 5) is 23.5. The summed E-state index contributed by atoms with van der Waals surface area (Å²) in [6.45, 7) is 5.98. The number of hydrogen-bond acceptors (Lipinski definition) is 5. The second-order valence-corrected chi connectivity index (χ2v) is 5.31. The minimum absolute atomic E-state index is 0.0761. The van der Waals surface area contributed by atoms with Crippen LogP contribution in [-0.2, 0) is 25.7 Å². The molecule has 5 heteroatoms. The fourth-order valence-electron chi connectivity index (χ4n) is 1.91. The molecule has 24 heavy (non-hydrogen) atoms. The number of carbonyl (C=O) groups excluding carboxylic acids is 2. The first-order valence-electron chi connectivity index (χ1n) is 7.99. The largest absolute Gasteiger partial charge is 0.461 e. The summed E-state index contributed by atoms with van der Waals surface area (Å²) in [6.07, 6.45) is 4.53. The lowest BCUT2D eigenvalue weighted by Crippen LogP contribution is -2.33. The van der Waals surface area contributed by atoms with Gasteiger partial charge in [0.05, 0.1) is 0 Å². The van der Waals surface area contributed by atoms with Gasteiger partial charge in [-0.2, -0.15) is 0 Å². The van der Waals surface area contributed by atoms with Gasteiger partial charge in [0.15, 0.2) is 0 Å². The Labute approximate surface area is 143 Å². The molecule has 0 saturated heterocycles. The average molecular weight is 331 g/mol. The lowest BCUT2D eigenvalue weighted by molar-refractivity contribution is -0.147. The highest BCUT2D eigenvalue weighted by Crippen LogP contribution is 2.06. The Balaban J connectivity index is 2.27. The van der Waals surface area contributed by atoms with Gasteiger partial charge in [-0.3, -0.25) is 9.59 Å². The van der Waals surface area contributed by atoms with Crippen LogP contribution in [0.5, 0.6) is 0 Å². The number of ether oxygens (including phenoxy) is 2. The highest BCUT2D eigenvalue weighted by molar-refractivity contribution is 5.77. The molecule has 0 aromatic heterocycles. The van der Waals surface area contributed by atoms with Crippen molar-refractivity contribution in [1.82, 2.24) is 0 Å². The van der Waals surface area contributed by atoms with Gasteiger partial charge in [0.1, 0.15) is 19.3 Å². The second kappa shape index (κ2) is 11.2. The lowest BCUT2D eigenvalue weighted by atomic mass is 10.1. The van der Waals surface area contributed by atoms with Crippen LogP contribution in [0.4, 0.5) is 0 Å². The molecular formula is C19H25NO4. The molecule has 1 aromatic rings. The van der Waals surface area contributed by atoms with Crippen molar-refractivity contribution in [1.29, 1.82) is 0 Å². The molecule has 0 bridgehead atoms. The summed E-state index contributed by atoms with van der Waals surface area (Å²) < 4.78 is 10.3. The summed E-state index contributed by atoms with van der Waals surface area (Å²) in [5, 5.41) is 0. The molecule has 0 amide bonds. The second-order valence-electron chi connectivity index (χ2n) is 5.31. The van der Waals surface area contributed by atoms with Crippen LogP contribution in [0.1, 0.15) is 31.7 Å². The van der Waals surface area contributed by atoms with Gasteiger partial charge in [-0.25, -0.2) is 0 Å². The Kier molecular flexibility index (Phi) is 9.16. The molecule has 2 N–H and O–H groups in total. The highest BCUT2D eigenvalue weighted by Gasteiger charge is 2.17. The van der Waals surface area contributed by atoms with E-state index in [1.807, 2.05) is 43.3 Å². The summed E-state index contributed by atoms with van der Waals surface area (Å²) in [7, 11) is 0. The van der Waals surface area contributed by atoms with Gasteiger partial charge in [0.2, 0.25) is 0 Å². The molecule has 0 radical (unpaired) electrons. The number of nitrogens with two attached hydrogens (primary N) is 1. The van der Waals surface area contributed by atoms with Crippen molar-refractivity contribution in [3.63, 3.8) is 0 Å². The third-order valence-corrected chi connectivity index (χ3v) is 3.41. The molecule has 1 rings (SSSR count). The van der Waals surface area contributed by atoms with Crippen LogP contribution in [0.15, 0.2) is 54.6 Å². The fourth-order valence-corrected chi connectivity index (χ4v) is 1.91. The lowest BCUT2D eigenvalue weighted by Gasteiger charge is -2.12. The monoisotopic (exact) mass is 331 g/mol. The first kappa shape index (κ1) is 19.6. The van der Waals surface area contributed by atoms with Crippen molar-refractivity contribution in [3.8, 4) is 0 Å². The summed E-state index contributed by atoms with van der Waals surface area (Å²) in [6, 6.07) is 8.50. The van der Waals surface area contributed by atoms with E-state index in [0.29, 0.717) is 0 Å². The maximum atomic E-state index is 11.8. The highest BCUT2D eigenvalue weighted by atomic mass is 16.5. The quantitative estimate of drug-likeness (QED) is 0.527. The Morgan fingerprint density at radius 3 is 2.58 bits per heavy atom.